The third kappa shape index (κ3) is 7.01. The number of nitrogens with one attached hydrogen (secondary N) is 2. The molecule has 0 spiro atoms. The number of rotatable bonds is 11. The number of ether oxygens (including phenoxy) is 1. The van der Waals surface area contributed by atoms with Crippen LogP contribution in [0.2, 0.25) is 5.02 Å². The van der Waals surface area contributed by atoms with Gasteiger partial charge in [0, 0.05) is 42.0 Å². The number of nitrogens with two attached hydrogens (primary N) is 1. The van der Waals surface area contributed by atoms with E-state index in [1.165, 1.54) is 12.1 Å². The SMILES string of the molecule is COCC(C)NC1CCC(c2cnc(N)c3c(-c4ccc(NS(=O)(=O)Cc5ccccc5Cl)c(F)c4)nn(C(C)C)c23)CC1. The van der Waals surface area contributed by atoms with Crippen molar-refractivity contribution in [3.63, 3.8) is 0 Å². The summed E-state index contributed by atoms with van der Waals surface area (Å²) >= 11 is 6.14. The van der Waals surface area contributed by atoms with E-state index in [1.54, 1.807) is 37.4 Å². The summed E-state index contributed by atoms with van der Waals surface area (Å²) in [6.45, 7) is 6.91. The molecule has 5 rings (SSSR count). The number of nitrogens with zero attached hydrogens (tertiary/aromatic N) is 3. The Morgan fingerprint density at radius 3 is 2.52 bits per heavy atom. The van der Waals surface area contributed by atoms with Crippen LogP contribution in [0.3, 0.4) is 0 Å². The first-order valence-electron chi connectivity index (χ1n) is 14.9. The maximum atomic E-state index is 15.4. The summed E-state index contributed by atoms with van der Waals surface area (Å²) in [4.78, 5) is 4.56. The molecule has 2 heterocycles. The number of nitrogen functional groups attached to an aromatic ring is 1. The molecule has 4 N–H and O–H groups in total. The predicted octanol–water partition coefficient (Wildman–Crippen LogP) is 6.65. The van der Waals surface area contributed by atoms with Crippen LogP contribution in [0.5, 0.6) is 0 Å². The number of hydrogen-bond acceptors (Lipinski definition) is 7. The third-order valence-electron chi connectivity index (χ3n) is 8.19. The average molecular weight is 643 g/mol. The van der Waals surface area contributed by atoms with E-state index in [-0.39, 0.29) is 23.4 Å². The minimum atomic E-state index is -3.93. The lowest BCUT2D eigenvalue weighted by molar-refractivity contribution is 0.161. The molecule has 0 saturated heterocycles. The highest BCUT2D eigenvalue weighted by Gasteiger charge is 2.29. The number of benzene rings is 2. The van der Waals surface area contributed by atoms with Crippen LogP contribution in [0.4, 0.5) is 15.9 Å². The molecule has 0 radical (unpaired) electrons. The summed E-state index contributed by atoms with van der Waals surface area (Å²) in [6.07, 6.45) is 5.92. The molecular weight excluding hydrogens is 603 g/mol. The Morgan fingerprint density at radius 2 is 1.86 bits per heavy atom. The van der Waals surface area contributed by atoms with Gasteiger partial charge in [-0.1, -0.05) is 35.9 Å². The monoisotopic (exact) mass is 642 g/mol. The Hall–Kier alpha value is -3.25. The lowest BCUT2D eigenvalue weighted by Gasteiger charge is -2.31. The normalized spacial score (nSPS) is 18.2. The van der Waals surface area contributed by atoms with Crippen molar-refractivity contribution in [1.82, 2.24) is 20.1 Å². The Bertz CT molecular complexity index is 1740. The second kappa shape index (κ2) is 13.4. The smallest absolute Gasteiger partial charge is 0.237 e. The molecular formula is C32H40ClFN6O3S. The van der Waals surface area contributed by atoms with Crippen molar-refractivity contribution in [2.45, 2.75) is 76.3 Å². The molecule has 1 saturated carbocycles. The fourth-order valence-electron chi connectivity index (χ4n) is 6.13. The Morgan fingerprint density at radius 1 is 1.14 bits per heavy atom. The van der Waals surface area contributed by atoms with Crippen LogP contribution in [0, 0.1) is 5.82 Å². The maximum absolute atomic E-state index is 15.4. The zero-order valence-electron chi connectivity index (χ0n) is 25.5. The fraction of sp³-hybridized carbons (Fsp3) is 0.438. The molecule has 0 aliphatic heterocycles. The van der Waals surface area contributed by atoms with Crippen molar-refractivity contribution in [2.75, 3.05) is 24.2 Å². The summed E-state index contributed by atoms with van der Waals surface area (Å²) in [7, 11) is -2.21. The van der Waals surface area contributed by atoms with Crippen molar-refractivity contribution < 1.29 is 17.5 Å². The van der Waals surface area contributed by atoms with Gasteiger partial charge in [-0.15, -0.1) is 0 Å². The number of pyridine rings is 1. The van der Waals surface area contributed by atoms with Gasteiger partial charge in [0.05, 0.1) is 29.0 Å². The zero-order chi connectivity index (χ0) is 31.6. The van der Waals surface area contributed by atoms with Gasteiger partial charge in [0.1, 0.15) is 17.3 Å². The molecule has 2 aromatic carbocycles. The molecule has 2 aromatic heterocycles. The lowest BCUT2D eigenvalue weighted by atomic mass is 9.81. The van der Waals surface area contributed by atoms with Crippen molar-refractivity contribution in [1.29, 1.82) is 0 Å². The first-order chi connectivity index (χ1) is 21.0. The largest absolute Gasteiger partial charge is 0.383 e. The maximum Gasteiger partial charge on any atom is 0.237 e. The van der Waals surface area contributed by atoms with E-state index in [4.69, 9.17) is 27.2 Å². The van der Waals surface area contributed by atoms with E-state index in [2.05, 4.69) is 21.9 Å². The fourth-order valence-corrected chi connectivity index (χ4v) is 7.65. The highest BCUT2D eigenvalue weighted by Crippen LogP contribution is 2.41. The molecule has 236 valence electrons. The zero-order valence-corrected chi connectivity index (χ0v) is 27.1. The number of sulfonamides is 1. The number of anilines is 2. The van der Waals surface area contributed by atoms with E-state index in [0.717, 1.165) is 36.8 Å². The van der Waals surface area contributed by atoms with E-state index in [9.17, 15) is 8.42 Å². The summed E-state index contributed by atoms with van der Waals surface area (Å²) in [5, 5.41) is 9.59. The van der Waals surface area contributed by atoms with Crippen LogP contribution in [-0.4, -0.2) is 49.0 Å². The summed E-state index contributed by atoms with van der Waals surface area (Å²) in [5.41, 5.74) is 9.72. The molecule has 4 aromatic rings. The first kappa shape index (κ1) is 32.2. The molecule has 44 heavy (non-hydrogen) atoms. The number of methoxy groups -OCH3 is 1. The van der Waals surface area contributed by atoms with Gasteiger partial charge in [-0.2, -0.15) is 5.10 Å². The van der Waals surface area contributed by atoms with Gasteiger partial charge < -0.3 is 15.8 Å². The predicted molar refractivity (Wildman–Crippen MR) is 175 cm³/mol. The van der Waals surface area contributed by atoms with Crippen LogP contribution < -0.4 is 15.8 Å². The Balaban J connectivity index is 1.44. The van der Waals surface area contributed by atoms with Crippen LogP contribution in [-0.2, 0) is 20.5 Å². The highest BCUT2D eigenvalue weighted by molar-refractivity contribution is 7.91. The van der Waals surface area contributed by atoms with E-state index < -0.39 is 15.8 Å². The van der Waals surface area contributed by atoms with Crippen molar-refractivity contribution in [2.24, 2.45) is 0 Å². The van der Waals surface area contributed by atoms with Gasteiger partial charge in [0.15, 0.2) is 0 Å². The second-order valence-electron chi connectivity index (χ2n) is 11.9. The topological polar surface area (TPSA) is 124 Å². The third-order valence-corrected chi connectivity index (χ3v) is 9.78. The van der Waals surface area contributed by atoms with Gasteiger partial charge >= 0.3 is 0 Å². The van der Waals surface area contributed by atoms with Gasteiger partial charge in [-0.3, -0.25) is 9.40 Å². The molecule has 1 atom stereocenters. The molecule has 1 aliphatic rings. The molecule has 1 fully saturated rings. The van der Waals surface area contributed by atoms with Gasteiger partial charge in [-0.25, -0.2) is 17.8 Å². The van der Waals surface area contributed by atoms with Crippen LogP contribution >= 0.6 is 11.6 Å². The average Bonchev–Trinajstić information content (AvgIpc) is 3.38. The Labute approximate surface area is 263 Å². The van der Waals surface area contributed by atoms with Crippen LogP contribution in [0.1, 0.15) is 69.5 Å². The minimum Gasteiger partial charge on any atom is -0.383 e. The van der Waals surface area contributed by atoms with E-state index in [0.29, 0.717) is 51.7 Å². The molecule has 9 nitrogen and oxygen atoms in total. The molecule has 1 unspecified atom stereocenters. The number of aromatic nitrogens is 3. The molecule has 1 aliphatic carbocycles. The van der Waals surface area contributed by atoms with Crippen LogP contribution in [0.15, 0.2) is 48.7 Å². The molecule has 0 amide bonds. The van der Waals surface area contributed by atoms with Crippen molar-refractivity contribution >= 4 is 44.0 Å². The first-order valence-corrected chi connectivity index (χ1v) is 17.0. The lowest BCUT2D eigenvalue weighted by Crippen LogP contribution is -2.40. The summed E-state index contributed by atoms with van der Waals surface area (Å²) < 4.78 is 50.7. The quantitative estimate of drug-likeness (QED) is 0.167. The van der Waals surface area contributed by atoms with E-state index >= 15 is 4.39 Å². The standard InChI is InChI=1S/C32H40ClFN6O3S/c1-19(2)40-31-25(21-9-12-24(13-10-21)37-20(3)17-43-4)16-36-32(35)29(31)30(38-40)22-11-14-28(27(34)15-22)39-44(41,42)18-23-7-5-6-8-26(23)33/h5-8,11,14-16,19-21,24,37,39H,9-10,12-13,17-18H2,1-4H3,(H2,35,36). The van der Waals surface area contributed by atoms with Crippen molar-refractivity contribution in [3.05, 3.63) is 70.6 Å². The highest BCUT2D eigenvalue weighted by atomic mass is 35.5. The number of halogens is 2. The second-order valence-corrected chi connectivity index (χ2v) is 14.1. The number of fused-ring (bicyclic) bond motifs is 1. The molecule has 0 bridgehead atoms. The van der Waals surface area contributed by atoms with Crippen molar-refractivity contribution in [3.8, 4) is 11.3 Å². The van der Waals surface area contributed by atoms with Gasteiger partial charge in [0.25, 0.3) is 0 Å². The molecule has 12 heteroatoms. The van der Waals surface area contributed by atoms with E-state index in [1.807, 2.05) is 24.7 Å². The Kier molecular flexibility index (Phi) is 9.79. The number of hydrogen-bond donors (Lipinski definition) is 3. The van der Waals surface area contributed by atoms with Gasteiger partial charge in [-0.05, 0) is 81.7 Å². The van der Waals surface area contributed by atoms with Gasteiger partial charge in [0.2, 0.25) is 10.0 Å². The minimum absolute atomic E-state index is 0.0143. The summed E-state index contributed by atoms with van der Waals surface area (Å²) in [6, 6.07) is 11.7. The summed E-state index contributed by atoms with van der Waals surface area (Å²) in [5.74, 6) is -0.505. The van der Waals surface area contributed by atoms with Crippen LogP contribution in [0.25, 0.3) is 22.2 Å².